The molecule has 76 valence electrons. The van der Waals surface area contributed by atoms with Crippen LogP contribution in [0, 0.1) is 11.7 Å². The van der Waals surface area contributed by atoms with Crippen molar-refractivity contribution in [3.8, 4) is 5.75 Å². The van der Waals surface area contributed by atoms with E-state index < -0.39 is 0 Å². The van der Waals surface area contributed by atoms with Crippen LogP contribution in [0.2, 0.25) is 0 Å². The van der Waals surface area contributed by atoms with Gasteiger partial charge in [0.1, 0.15) is 11.6 Å². The van der Waals surface area contributed by atoms with E-state index in [1.54, 1.807) is 6.07 Å². The molecule has 3 heteroatoms. The number of halogens is 2. The Kier molecular flexibility index (Phi) is 3.06. The number of ether oxygens (including phenoxy) is 1. The summed E-state index contributed by atoms with van der Waals surface area (Å²) in [7, 11) is 0. The molecule has 0 amide bonds. The van der Waals surface area contributed by atoms with Gasteiger partial charge in [0.25, 0.3) is 0 Å². The highest BCUT2D eigenvalue weighted by Gasteiger charge is 2.22. The smallest absolute Gasteiger partial charge is 0.123 e. The summed E-state index contributed by atoms with van der Waals surface area (Å²) in [5.74, 6) is 1.32. The standard InChI is InChI=1S/C11H12BrFO/c12-6-9-5-10(13)3-4-11(9)14-7-8-1-2-8/h3-5,8H,1-2,6-7H2. The van der Waals surface area contributed by atoms with E-state index in [-0.39, 0.29) is 5.82 Å². The van der Waals surface area contributed by atoms with Gasteiger partial charge in [-0.15, -0.1) is 0 Å². The topological polar surface area (TPSA) is 9.23 Å². The minimum atomic E-state index is -0.210. The van der Waals surface area contributed by atoms with Gasteiger partial charge in [-0.2, -0.15) is 0 Å². The highest BCUT2D eigenvalue weighted by molar-refractivity contribution is 9.08. The largest absolute Gasteiger partial charge is 0.493 e. The maximum Gasteiger partial charge on any atom is 0.123 e. The zero-order chi connectivity index (χ0) is 9.97. The van der Waals surface area contributed by atoms with Crippen LogP contribution in [0.5, 0.6) is 5.75 Å². The van der Waals surface area contributed by atoms with Crippen LogP contribution < -0.4 is 4.74 Å². The molecule has 14 heavy (non-hydrogen) atoms. The molecule has 1 aliphatic rings. The Labute approximate surface area is 91.4 Å². The average molecular weight is 259 g/mol. The molecule has 0 unspecified atom stereocenters. The van der Waals surface area contributed by atoms with E-state index in [0.717, 1.165) is 23.8 Å². The van der Waals surface area contributed by atoms with Crippen molar-refractivity contribution in [1.29, 1.82) is 0 Å². The van der Waals surface area contributed by atoms with E-state index in [2.05, 4.69) is 15.9 Å². The Bertz CT molecular complexity index is 323. The Balaban J connectivity index is 2.05. The SMILES string of the molecule is Fc1ccc(OCC2CC2)c(CBr)c1. The third-order valence-corrected chi connectivity index (χ3v) is 2.94. The van der Waals surface area contributed by atoms with Gasteiger partial charge in [-0.1, -0.05) is 15.9 Å². The van der Waals surface area contributed by atoms with Crippen molar-refractivity contribution in [3.05, 3.63) is 29.6 Å². The van der Waals surface area contributed by atoms with Crippen LogP contribution in [0.25, 0.3) is 0 Å². The molecule has 0 atom stereocenters. The molecule has 0 spiro atoms. The Morgan fingerprint density at radius 3 is 2.86 bits per heavy atom. The van der Waals surface area contributed by atoms with Gasteiger partial charge in [-0.05, 0) is 37.0 Å². The lowest BCUT2D eigenvalue weighted by Gasteiger charge is -2.09. The van der Waals surface area contributed by atoms with Crippen LogP contribution in [0.1, 0.15) is 18.4 Å². The van der Waals surface area contributed by atoms with Crippen LogP contribution in [-0.2, 0) is 5.33 Å². The van der Waals surface area contributed by atoms with Gasteiger partial charge in [0.2, 0.25) is 0 Å². The first-order valence-electron chi connectivity index (χ1n) is 4.77. The quantitative estimate of drug-likeness (QED) is 0.752. The molecule has 1 aromatic carbocycles. The lowest BCUT2D eigenvalue weighted by molar-refractivity contribution is 0.297. The Morgan fingerprint density at radius 1 is 1.43 bits per heavy atom. The van der Waals surface area contributed by atoms with Gasteiger partial charge in [-0.25, -0.2) is 4.39 Å². The molecule has 0 radical (unpaired) electrons. The molecule has 0 heterocycles. The number of hydrogen-bond acceptors (Lipinski definition) is 1. The molecule has 1 aromatic rings. The second-order valence-electron chi connectivity index (χ2n) is 3.64. The van der Waals surface area contributed by atoms with Crippen LogP contribution >= 0.6 is 15.9 Å². The van der Waals surface area contributed by atoms with Gasteiger partial charge in [0.15, 0.2) is 0 Å². The van der Waals surface area contributed by atoms with E-state index in [4.69, 9.17) is 4.74 Å². The molecular weight excluding hydrogens is 247 g/mol. The third kappa shape index (κ3) is 2.47. The molecule has 0 aromatic heterocycles. The normalized spacial score (nSPS) is 15.6. The van der Waals surface area contributed by atoms with E-state index in [1.807, 2.05) is 0 Å². The van der Waals surface area contributed by atoms with E-state index in [1.165, 1.54) is 25.0 Å². The van der Waals surface area contributed by atoms with E-state index in [0.29, 0.717) is 5.33 Å². The van der Waals surface area contributed by atoms with Crippen LogP contribution in [0.15, 0.2) is 18.2 Å². The fraction of sp³-hybridized carbons (Fsp3) is 0.455. The molecule has 1 nitrogen and oxygen atoms in total. The predicted octanol–water partition coefficient (Wildman–Crippen LogP) is 3.51. The van der Waals surface area contributed by atoms with Gasteiger partial charge in [0.05, 0.1) is 6.61 Å². The summed E-state index contributed by atoms with van der Waals surface area (Å²) in [6.07, 6.45) is 2.54. The summed E-state index contributed by atoms with van der Waals surface area (Å²) in [6, 6.07) is 4.65. The Morgan fingerprint density at radius 2 is 2.21 bits per heavy atom. The summed E-state index contributed by atoms with van der Waals surface area (Å²) >= 11 is 3.32. The molecule has 2 rings (SSSR count). The fourth-order valence-electron chi connectivity index (χ4n) is 1.29. The minimum absolute atomic E-state index is 0.210. The summed E-state index contributed by atoms with van der Waals surface area (Å²) in [6.45, 7) is 0.769. The second kappa shape index (κ2) is 4.30. The van der Waals surface area contributed by atoms with E-state index in [9.17, 15) is 4.39 Å². The highest BCUT2D eigenvalue weighted by Crippen LogP contribution is 2.30. The molecule has 0 bridgehead atoms. The first-order chi connectivity index (χ1) is 6.79. The van der Waals surface area contributed by atoms with Gasteiger partial charge in [0, 0.05) is 10.9 Å². The van der Waals surface area contributed by atoms with Crippen molar-refractivity contribution in [2.24, 2.45) is 5.92 Å². The first kappa shape index (κ1) is 9.97. The van der Waals surface area contributed by atoms with Crippen LogP contribution in [0.3, 0.4) is 0 Å². The van der Waals surface area contributed by atoms with Crippen molar-refractivity contribution in [3.63, 3.8) is 0 Å². The summed E-state index contributed by atoms with van der Waals surface area (Å²) < 4.78 is 18.5. The zero-order valence-electron chi connectivity index (χ0n) is 7.80. The van der Waals surface area contributed by atoms with Crippen LogP contribution in [-0.4, -0.2) is 6.61 Å². The molecule has 0 aliphatic heterocycles. The molecule has 1 fully saturated rings. The van der Waals surface area contributed by atoms with Crippen molar-refractivity contribution < 1.29 is 9.13 Å². The van der Waals surface area contributed by atoms with Gasteiger partial charge in [-0.3, -0.25) is 0 Å². The number of rotatable bonds is 4. The lowest BCUT2D eigenvalue weighted by Crippen LogP contribution is -2.01. The molecular formula is C11H12BrFO. The van der Waals surface area contributed by atoms with Crippen molar-refractivity contribution in [2.75, 3.05) is 6.61 Å². The first-order valence-corrected chi connectivity index (χ1v) is 5.89. The summed E-state index contributed by atoms with van der Waals surface area (Å²) in [5.41, 5.74) is 0.880. The van der Waals surface area contributed by atoms with Crippen LogP contribution in [0.4, 0.5) is 4.39 Å². The van der Waals surface area contributed by atoms with Crippen molar-refractivity contribution >= 4 is 15.9 Å². The number of benzene rings is 1. The zero-order valence-corrected chi connectivity index (χ0v) is 9.39. The summed E-state index contributed by atoms with van der Waals surface area (Å²) in [4.78, 5) is 0. The fourth-order valence-corrected chi connectivity index (χ4v) is 1.72. The molecule has 1 aliphatic carbocycles. The highest BCUT2D eigenvalue weighted by atomic mass is 79.9. The average Bonchev–Trinajstić information content (AvgIpc) is 2.99. The summed E-state index contributed by atoms with van der Waals surface area (Å²) in [5, 5.41) is 0.630. The molecule has 0 saturated heterocycles. The molecule has 1 saturated carbocycles. The van der Waals surface area contributed by atoms with Crippen molar-refractivity contribution in [2.45, 2.75) is 18.2 Å². The monoisotopic (exact) mass is 258 g/mol. The maximum atomic E-state index is 12.9. The predicted molar refractivity (Wildman–Crippen MR) is 57.3 cm³/mol. The Hall–Kier alpha value is -0.570. The maximum absolute atomic E-state index is 12.9. The molecule has 0 N–H and O–H groups in total. The van der Waals surface area contributed by atoms with E-state index >= 15 is 0 Å². The second-order valence-corrected chi connectivity index (χ2v) is 4.20. The lowest BCUT2D eigenvalue weighted by atomic mass is 10.2. The van der Waals surface area contributed by atoms with Crippen molar-refractivity contribution in [1.82, 2.24) is 0 Å². The number of hydrogen-bond donors (Lipinski definition) is 0. The number of alkyl halides is 1. The van der Waals surface area contributed by atoms with Gasteiger partial charge < -0.3 is 4.74 Å². The third-order valence-electron chi connectivity index (χ3n) is 2.34. The van der Waals surface area contributed by atoms with Gasteiger partial charge >= 0.3 is 0 Å². The minimum Gasteiger partial charge on any atom is -0.493 e.